The van der Waals surface area contributed by atoms with Gasteiger partial charge in [-0.15, -0.1) is 0 Å². The van der Waals surface area contributed by atoms with E-state index in [0.717, 1.165) is 0 Å². The van der Waals surface area contributed by atoms with E-state index in [-0.39, 0.29) is 5.57 Å². The van der Waals surface area contributed by atoms with E-state index >= 15 is 0 Å². The summed E-state index contributed by atoms with van der Waals surface area (Å²) in [6.45, 7) is 4.43. The van der Waals surface area contributed by atoms with Crippen LogP contribution in [-0.2, 0) is 4.79 Å². The maximum absolute atomic E-state index is 10.4. The zero-order chi connectivity index (χ0) is 7.65. The third-order valence-corrected chi connectivity index (χ3v) is 1.73. The predicted molar refractivity (Wildman–Crippen MR) is 32.2 cm³/mol. The molecule has 0 saturated heterocycles. The average Bonchev–Trinajstić information content (AvgIpc) is 1.62. The van der Waals surface area contributed by atoms with E-state index in [1.54, 1.807) is 0 Å². The molecule has 4 nitrogen and oxygen atoms in total. The van der Waals surface area contributed by atoms with Gasteiger partial charge in [0.15, 0.2) is 0 Å². The third-order valence-electron chi connectivity index (χ3n) is 0.692. The van der Waals surface area contributed by atoms with Crippen LogP contribution in [0.2, 0.25) is 0 Å². The van der Waals surface area contributed by atoms with Crippen molar-refractivity contribution in [3.63, 3.8) is 0 Å². The maximum Gasteiger partial charge on any atom is 0.571 e. The molecule has 0 aromatic rings. The van der Waals surface area contributed by atoms with Gasteiger partial charge in [0.2, 0.25) is 5.41 Å². The summed E-state index contributed by atoms with van der Waals surface area (Å²) >= 11 is 0. The van der Waals surface area contributed by atoms with Gasteiger partial charge in [0.05, 0.1) is 0 Å². The topological polar surface area (TPSA) is 77.8 Å². The summed E-state index contributed by atoms with van der Waals surface area (Å²) in [6, 6.07) is 0. The molecule has 0 rings (SSSR count). The highest BCUT2D eigenvalue weighted by atomic mass is 28.4. The van der Waals surface area contributed by atoms with E-state index in [2.05, 4.69) is 6.58 Å². The van der Waals surface area contributed by atoms with Crippen LogP contribution < -0.4 is 0 Å². The molecule has 0 aliphatic carbocycles. The second-order valence-corrected chi connectivity index (χ2v) is 3.47. The smallest absolute Gasteiger partial charge is 0.385 e. The number of hydrogen-bond acceptors (Lipinski definition) is 4. The van der Waals surface area contributed by atoms with Gasteiger partial charge >= 0.3 is 8.80 Å². The summed E-state index contributed by atoms with van der Waals surface area (Å²) < 4.78 is 0. The zero-order valence-corrected chi connectivity index (χ0v) is 5.96. The van der Waals surface area contributed by atoms with Crippen LogP contribution in [0.4, 0.5) is 0 Å². The van der Waals surface area contributed by atoms with Gasteiger partial charge < -0.3 is 14.4 Å². The highest BCUT2D eigenvalue weighted by molar-refractivity contribution is 6.91. The Morgan fingerprint density at radius 2 is 1.78 bits per heavy atom. The molecule has 0 spiro atoms. The minimum Gasteiger partial charge on any atom is -0.385 e. The fraction of sp³-hybridized carbons (Fsp3) is 0.250. The molecule has 0 aliphatic heterocycles. The average molecular weight is 148 g/mol. The molecule has 0 aromatic carbocycles. The van der Waals surface area contributed by atoms with Gasteiger partial charge in [0.25, 0.3) is 0 Å². The van der Waals surface area contributed by atoms with E-state index in [9.17, 15) is 4.79 Å². The van der Waals surface area contributed by atoms with E-state index in [4.69, 9.17) is 14.4 Å². The Bertz CT molecular complexity index is 145. The lowest BCUT2D eigenvalue weighted by atomic mass is 10.4. The van der Waals surface area contributed by atoms with Crippen molar-refractivity contribution in [1.82, 2.24) is 0 Å². The number of rotatable bonds is 2. The molecule has 5 heteroatoms. The Morgan fingerprint density at radius 1 is 1.44 bits per heavy atom. The van der Waals surface area contributed by atoms with Gasteiger partial charge in [-0.2, -0.15) is 0 Å². The maximum atomic E-state index is 10.4. The Labute approximate surface area is 53.4 Å². The van der Waals surface area contributed by atoms with Crippen LogP contribution in [-0.4, -0.2) is 28.6 Å². The molecular formula is C4H8O4Si. The Balaban J connectivity index is 4.23. The van der Waals surface area contributed by atoms with Gasteiger partial charge in [-0.25, -0.2) is 0 Å². The summed E-state index contributed by atoms with van der Waals surface area (Å²) in [5, 5.41) is -1.05. The predicted octanol–water partition coefficient (Wildman–Crippen LogP) is -1.41. The van der Waals surface area contributed by atoms with Crippen molar-refractivity contribution in [2.24, 2.45) is 0 Å². The SMILES string of the molecule is C=C(C)C(=O)[Si](O)(O)O. The number of hydrogen-bond donors (Lipinski definition) is 3. The lowest BCUT2D eigenvalue weighted by Gasteiger charge is -2.05. The van der Waals surface area contributed by atoms with Crippen LogP contribution in [0.5, 0.6) is 0 Å². The molecule has 0 amide bonds. The molecular weight excluding hydrogens is 140 g/mol. The lowest BCUT2D eigenvalue weighted by molar-refractivity contribution is -0.113. The summed E-state index contributed by atoms with van der Waals surface area (Å²) in [7, 11) is -4.56. The number of carbonyl (C=O) groups is 1. The van der Waals surface area contributed by atoms with Crippen LogP contribution in [0.3, 0.4) is 0 Å². The molecule has 0 atom stereocenters. The fourth-order valence-electron chi connectivity index (χ4n) is 0.286. The molecule has 3 N–H and O–H groups in total. The van der Waals surface area contributed by atoms with E-state index < -0.39 is 14.2 Å². The lowest BCUT2D eigenvalue weighted by Crippen LogP contribution is -2.45. The van der Waals surface area contributed by atoms with Crippen LogP contribution in [0.25, 0.3) is 0 Å². The molecule has 9 heavy (non-hydrogen) atoms. The van der Waals surface area contributed by atoms with Crippen LogP contribution in [0, 0.1) is 0 Å². The first-order chi connectivity index (χ1) is 3.85. The van der Waals surface area contributed by atoms with Crippen molar-refractivity contribution in [1.29, 1.82) is 0 Å². The molecule has 0 bridgehead atoms. The van der Waals surface area contributed by atoms with E-state index in [1.807, 2.05) is 0 Å². The molecule has 0 unspecified atom stereocenters. The molecule has 0 radical (unpaired) electrons. The standard InChI is InChI=1S/C4H8O4Si/c1-3(2)4(5)9(6,7)8/h6-8H,1H2,2H3. The van der Waals surface area contributed by atoms with Crippen molar-refractivity contribution >= 4 is 14.2 Å². The summed E-state index contributed by atoms with van der Waals surface area (Å²) in [6.07, 6.45) is 0. The first kappa shape index (κ1) is 8.51. The number of carbonyl (C=O) groups excluding carboxylic acids is 1. The highest BCUT2D eigenvalue weighted by Crippen LogP contribution is 1.97. The first-order valence-electron chi connectivity index (χ1n) is 2.23. The van der Waals surface area contributed by atoms with Crippen molar-refractivity contribution in [3.8, 4) is 0 Å². The summed E-state index contributed by atoms with van der Waals surface area (Å²) in [5.41, 5.74) is -0.0471. The van der Waals surface area contributed by atoms with Crippen LogP contribution in [0.1, 0.15) is 6.92 Å². The van der Waals surface area contributed by atoms with Crippen molar-refractivity contribution < 1.29 is 19.2 Å². The highest BCUT2D eigenvalue weighted by Gasteiger charge is 2.38. The third kappa shape index (κ3) is 2.52. The monoisotopic (exact) mass is 148 g/mol. The van der Waals surface area contributed by atoms with E-state index in [1.165, 1.54) is 6.92 Å². The van der Waals surface area contributed by atoms with E-state index in [0.29, 0.717) is 0 Å². The Hall–Kier alpha value is -0.493. The molecule has 52 valence electrons. The normalized spacial score (nSPS) is 11.1. The first-order valence-corrected chi connectivity index (χ1v) is 4.07. The van der Waals surface area contributed by atoms with Crippen LogP contribution >= 0.6 is 0 Å². The van der Waals surface area contributed by atoms with Gasteiger partial charge in [0.1, 0.15) is 0 Å². The molecule has 0 aliphatic rings. The van der Waals surface area contributed by atoms with Gasteiger partial charge in [0, 0.05) is 0 Å². The second-order valence-electron chi connectivity index (χ2n) is 1.74. The van der Waals surface area contributed by atoms with Gasteiger partial charge in [-0.05, 0) is 12.5 Å². The second kappa shape index (κ2) is 2.40. The quantitative estimate of drug-likeness (QED) is 0.332. The van der Waals surface area contributed by atoms with Crippen LogP contribution in [0.15, 0.2) is 12.2 Å². The molecule has 0 saturated carbocycles. The van der Waals surface area contributed by atoms with Crippen molar-refractivity contribution in [2.45, 2.75) is 6.92 Å². The fourth-order valence-corrected chi connectivity index (χ4v) is 0.859. The Kier molecular flexibility index (Phi) is 2.27. The molecule has 0 heterocycles. The summed E-state index contributed by atoms with van der Waals surface area (Å²) in [5.74, 6) is 0. The number of allylic oxidation sites excluding steroid dienone is 1. The largest absolute Gasteiger partial charge is 0.571 e. The van der Waals surface area contributed by atoms with Gasteiger partial charge in [-0.3, -0.25) is 4.79 Å². The summed E-state index contributed by atoms with van der Waals surface area (Å²) in [4.78, 5) is 35.3. The zero-order valence-electron chi connectivity index (χ0n) is 4.96. The van der Waals surface area contributed by atoms with Crippen molar-refractivity contribution in [2.75, 3.05) is 0 Å². The molecule has 0 aromatic heterocycles. The minimum absolute atomic E-state index is 0.0471. The minimum atomic E-state index is -4.56. The Morgan fingerprint density at radius 3 is 1.78 bits per heavy atom. The van der Waals surface area contributed by atoms with Gasteiger partial charge in [-0.1, -0.05) is 6.58 Å². The molecule has 0 fully saturated rings. The van der Waals surface area contributed by atoms with Crippen molar-refractivity contribution in [3.05, 3.63) is 12.2 Å².